The molecule has 1 atom stereocenters. The summed E-state index contributed by atoms with van der Waals surface area (Å²) in [4.78, 5) is 22.9. The summed E-state index contributed by atoms with van der Waals surface area (Å²) < 4.78 is 10.3. The van der Waals surface area contributed by atoms with Gasteiger partial charge in [0.1, 0.15) is 17.4 Å². The summed E-state index contributed by atoms with van der Waals surface area (Å²) in [6.45, 7) is 1.72. The fraction of sp³-hybridized carbons (Fsp3) is 0.231. The molecule has 1 aromatic carbocycles. The highest BCUT2D eigenvalue weighted by Gasteiger charge is 2.21. The van der Waals surface area contributed by atoms with Gasteiger partial charge in [-0.1, -0.05) is 25.1 Å². The van der Waals surface area contributed by atoms with Crippen molar-refractivity contribution in [3.05, 3.63) is 36.1 Å². The standard InChI is InChI=1S/C13H13NO4/c1-2-10(12(14)15)18-13(16)9-7-17-11-6-4-3-5-8(9)11/h3-7,10H,2H2,1H3,(H2,14,15)/t10-/m0/s1. The first-order valence-electron chi connectivity index (χ1n) is 5.60. The number of furan rings is 1. The van der Waals surface area contributed by atoms with E-state index in [1.165, 1.54) is 6.26 Å². The third kappa shape index (κ3) is 2.20. The van der Waals surface area contributed by atoms with Gasteiger partial charge in [-0.05, 0) is 12.5 Å². The van der Waals surface area contributed by atoms with Crippen LogP contribution in [0.2, 0.25) is 0 Å². The smallest absolute Gasteiger partial charge is 0.342 e. The molecule has 5 heteroatoms. The molecule has 0 spiro atoms. The molecule has 0 aliphatic rings. The lowest BCUT2D eigenvalue weighted by atomic mass is 10.2. The monoisotopic (exact) mass is 247 g/mol. The molecule has 18 heavy (non-hydrogen) atoms. The molecule has 94 valence electrons. The van der Waals surface area contributed by atoms with E-state index in [9.17, 15) is 9.59 Å². The van der Waals surface area contributed by atoms with Gasteiger partial charge in [-0.15, -0.1) is 0 Å². The van der Waals surface area contributed by atoms with Crippen LogP contribution in [0.4, 0.5) is 0 Å². The van der Waals surface area contributed by atoms with Crippen LogP contribution in [-0.2, 0) is 9.53 Å². The number of esters is 1. The van der Waals surface area contributed by atoms with Crippen LogP contribution in [0, 0.1) is 0 Å². The number of rotatable bonds is 4. The van der Waals surface area contributed by atoms with Gasteiger partial charge in [0.25, 0.3) is 5.91 Å². The molecule has 1 aromatic heterocycles. The molecule has 1 heterocycles. The highest BCUT2D eigenvalue weighted by Crippen LogP contribution is 2.21. The summed E-state index contributed by atoms with van der Waals surface area (Å²) in [7, 11) is 0. The molecule has 0 unspecified atom stereocenters. The second kappa shape index (κ2) is 4.91. The van der Waals surface area contributed by atoms with Crippen molar-refractivity contribution in [3.8, 4) is 0 Å². The molecule has 0 aliphatic heterocycles. The number of primary amides is 1. The first kappa shape index (κ1) is 12.2. The van der Waals surface area contributed by atoms with Crippen LogP contribution in [0.5, 0.6) is 0 Å². The van der Waals surface area contributed by atoms with E-state index >= 15 is 0 Å². The van der Waals surface area contributed by atoms with Gasteiger partial charge in [-0.3, -0.25) is 4.79 Å². The van der Waals surface area contributed by atoms with Crippen molar-refractivity contribution in [3.63, 3.8) is 0 Å². The molecule has 0 fully saturated rings. The topological polar surface area (TPSA) is 82.5 Å². The lowest BCUT2D eigenvalue weighted by Crippen LogP contribution is -2.32. The molecular weight excluding hydrogens is 234 g/mol. The van der Waals surface area contributed by atoms with Gasteiger partial charge in [0.15, 0.2) is 6.10 Å². The number of nitrogens with two attached hydrogens (primary N) is 1. The number of carbonyl (C=O) groups is 2. The van der Waals surface area contributed by atoms with Gasteiger partial charge < -0.3 is 14.9 Å². The SMILES string of the molecule is CC[C@H](OC(=O)c1coc2ccccc12)C(N)=O. The van der Waals surface area contributed by atoms with Crippen molar-refractivity contribution in [2.24, 2.45) is 5.73 Å². The second-order valence-corrected chi connectivity index (χ2v) is 3.85. The molecule has 0 radical (unpaired) electrons. The molecule has 0 aliphatic carbocycles. The Hall–Kier alpha value is -2.30. The molecule has 2 N–H and O–H groups in total. The lowest BCUT2D eigenvalue weighted by molar-refractivity contribution is -0.126. The maximum absolute atomic E-state index is 11.9. The van der Waals surface area contributed by atoms with Gasteiger partial charge in [-0.25, -0.2) is 4.79 Å². The average Bonchev–Trinajstić information content (AvgIpc) is 2.79. The molecule has 0 saturated carbocycles. The number of hydrogen-bond acceptors (Lipinski definition) is 4. The Balaban J connectivity index is 2.26. The summed E-state index contributed by atoms with van der Waals surface area (Å²) >= 11 is 0. The number of fused-ring (bicyclic) bond motifs is 1. The van der Waals surface area contributed by atoms with Crippen molar-refractivity contribution >= 4 is 22.8 Å². The minimum atomic E-state index is -0.911. The van der Waals surface area contributed by atoms with E-state index in [1.54, 1.807) is 31.2 Å². The van der Waals surface area contributed by atoms with E-state index in [2.05, 4.69) is 0 Å². The molecule has 5 nitrogen and oxygen atoms in total. The summed E-state index contributed by atoms with van der Waals surface area (Å²) in [5.41, 5.74) is 6.01. The van der Waals surface area contributed by atoms with Crippen LogP contribution in [0.3, 0.4) is 0 Å². The van der Waals surface area contributed by atoms with Crippen LogP contribution in [0.15, 0.2) is 34.9 Å². The number of carbonyl (C=O) groups excluding carboxylic acids is 2. The Kier molecular flexibility index (Phi) is 3.32. The number of para-hydroxylation sites is 1. The van der Waals surface area contributed by atoms with Crippen LogP contribution in [0.1, 0.15) is 23.7 Å². The predicted molar refractivity (Wildman–Crippen MR) is 64.9 cm³/mol. The Labute approximate surface area is 104 Å². The quantitative estimate of drug-likeness (QED) is 0.836. The van der Waals surface area contributed by atoms with Crippen molar-refractivity contribution in [2.45, 2.75) is 19.4 Å². The van der Waals surface area contributed by atoms with E-state index in [4.69, 9.17) is 14.9 Å². The lowest BCUT2D eigenvalue weighted by Gasteiger charge is -2.11. The molecule has 0 saturated heterocycles. The van der Waals surface area contributed by atoms with Crippen molar-refractivity contribution in [1.29, 1.82) is 0 Å². The Morgan fingerprint density at radius 3 is 2.78 bits per heavy atom. The Morgan fingerprint density at radius 2 is 2.11 bits per heavy atom. The van der Waals surface area contributed by atoms with Crippen LogP contribution in [-0.4, -0.2) is 18.0 Å². The fourth-order valence-corrected chi connectivity index (χ4v) is 1.67. The van der Waals surface area contributed by atoms with Gasteiger partial charge in [0, 0.05) is 5.39 Å². The maximum atomic E-state index is 11.9. The third-order valence-corrected chi connectivity index (χ3v) is 2.64. The zero-order valence-electron chi connectivity index (χ0n) is 9.88. The van der Waals surface area contributed by atoms with Crippen LogP contribution in [0.25, 0.3) is 11.0 Å². The maximum Gasteiger partial charge on any atom is 0.342 e. The zero-order valence-corrected chi connectivity index (χ0v) is 9.88. The van der Waals surface area contributed by atoms with E-state index in [0.717, 1.165) is 0 Å². The molecule has 0 bridgehead atoms. The zero-order chi connectivity index (χ0) is 13.1. The second-order valence-electron chi connectivity index (χ2n) is 3.85. The molecule has 1 amide bonds. The molecule has 2 rings (SSSR count). The fourth-order valence-electron chi connectivity index (χ4n) is 1.67. The van der Waals surface area contributed by atoms with Crippen LogP contribution < -0.4 is 5.73 Å². The van der Waals surface area contributed by atoms with Crippen LogP contribution >= 0.6 is 0 Å². The number of hydrogen-bond donors (Lipinski definition) is 1. The number of benzene rings is 1. The van der Waals surface area contributed by atoms with Gasteiger partial charge >= 0.3 is 5.97 Å². The highest BCUT2D eigenvalue weighted by molar-refractivity contribution is 6.03. The van der Waals surface area contributed by atoms with Crippen molar-refractivity contribution < 1.29 is 18.7 Å². The van der Waals surface area contributed by atoms with Gasteiger partial charge in [0.2, 0.25) is 0 Å². The molecular formula is C13H13NO4. The number of amides is 1. The van der Waals surface area contributed by atoms with Gasteiger partial charge in [0.05, 0.1) is 0 Å². The summed E-state index contributed by atoms with van der Waals surface area (Å²) in [6.07, 6.45) is 0.753. The van der Waals surface area contributed by atoms with Gasteiger partial charge in [-0.2, -0.15) is 0 Å². The highest BCUT2D eigenvalue weighted by atomic mass is 16.5. The first-order valence-corrected chi connectivity index (χ1v) is 5.60. The largest absolute Gasteiger partial charge is 0.463 e. The Bertz CT molecular complexity index is 587. The Morgan fingerprint density at radius 1 is 1.39 bits per heavy atom. The van der Waals surface area contributed by atoms with E-state index in [0.29, 0.717) is 23.0 Å². The third-order valence-electron chi connectivity index (χ3n) is 2.64. The minimum Gasteiger partial charge on any atom is -0.463 e. The van der Waals surface area contributed by atoms with Crippen molar-refractivity contribution in [1.82, 2.24) is 0 Å². The predicted octanol–water partition coefficient (Wildman–Crippen LogP) is 1.85. The van der Waals surface area contributed by atoms with Crippen molar-refractivity contribution in [2.75, 3.05) is 0 Å². The van der Waals surface area contributed by atoms with E-state index in [1.807, 2.05) is 0 Å². The average molecular weight is 247 g/mol. The van der Waals surface area contributed by atoms with E-state index in [-0.39, 0.29) is 0 Å². The minimum absolute atomic E-state index is 0.297. The number of ether oxygens (including phenoxy) is 1. The van der Waals surface area contributed by atoms with E-state index < -0.39 is 18.0 Å². The summed E-state index contributed by atoms with van der Waals surface area (Å²) in [5.74, 6) is -1.26. The molecule has 2 aromatic rings. The summed E-state index contributed by atoms with van der Waals surface area (Å²) in [5, 5.41) is 0.654. The first-order chi connectivity index (χ1) is 8.63. The normalized spacial score (nSPS) is 12.3. The summed E-state index contributed by atoms with van der Waals surface area (Å²) in [6, 6.07) is 7.09.